The van der Waals surface area contributed by atoms with Gasteiger partial charge in [0.05, 0.1) is 17.3 Å². The molecule has 3 N–H and O–H groups in total. The molecule has 1 amide bonds. The Hall–Kier alpha value is -1.59. The van der Waals surface area contributed by atoms with Gasteiger partial charge in [0.2, 0.25) is 5.91 Å². The summed E-state index contributed by atoms with van der Waals surface area (Å²) in [6, 6.07) is 3.68. The van der Waals surface area contributed by atoms with E-state index in [1.807, 2.05) is 12.1 Å². The highest BCUT2D eigenvalue weighted by atomic mass is 35.5. The summed E-state index contributed by atoms with van der Waals surface area (Å²) in [7, 11) is 0. The summed E-state index contributed by atoms with van der Waals surface area (Å²) in [5, 5.41) is 22.5. The first-order valence-corrected chi connectivity index (χ1v) is 7.96. The van der Waals surface area contributed by atoms with E-state index in [0.29, 0.717) is 22.8 Å². The largest absolute Gasteiger partial charge is 0.385 e. The number of aromatic amines is 1. The average Bonchev–Trinajstić information content (AvgIpc) is 2.81. The van der Waals surface area contributed by atoms with Gasteiger partial charge >= 0.3 is 0 Å². The van der Waals surface area contributed by atoms with Crippen molar-refractivity contribution >= 4 is 28.4 Å². The van der Waals surface area contributed by atoms with Crippen LogP contribution in [0, 0.1) is 17.8 Å². The Balaban J connectivity index is 1.57. The molecule has 5 nitrogen and oxygen atoms in total. The van der Waals surface area contributed by atoms with Gasteiger partial charge in [-0.2, -0.15) is 5.10 Å². The van der Waals surface area contributed by atoms with Crippen LogP contribution in [-0.2, 0) is 10.4 Å². The van der Waals surface area contributed by atoms with Gasteiger partial charge in [0.25, 0.3) is 0 Å². The smallest absolute Gasteiger partial charge is 0.216 e. The molecule has 1 aromatic heterocycles. The lowest BCUT2D eigenvalue weighted by atomic mass is 9.85. The topological polar surface area (TPSA) is 78.0 Å². The van der Waals surface area contributed by atoms with E-state index in [1.54, 1.807) is 6.20 Å². The third-order valence-corrected chi connectivity index (χ3v) is 5.49. The first kappa shape index (κ1) is 14.0. The molecule has 2 aromatic rings. The van der Waals surface area contributed by atoms with Crippen LogP contribution >= 0.6 is 11.6 Å². The van der Waals surface area contributed by atoms with Gasteiger partial charge in [-0.25, -0.2) is 0 Å². The second-order valence-electron chi connectivity index (χ2n) is 6.65. The minimum absolute atomic E-state index is 0.00943. The van der Waals surface area contributed by atoms with Gasteiger partial charge < -0.3 is 10.4 Å². The van der Waals surface area contributed by atoms with E-state index in [-0.39, 0.29) is 5.91 Å². The second-order valence-corrected chi connectivity index (χ2v) is 7.09. The molecule has 4 rings (SSSR count). The Morgan fingerprint density at radius 2 is 2.23 bits per heavy atom. The monoisotopic (exact) mass is 319 g/mol. The summed E-state index contributed by atoms with van der Waals surface area (Å²) < 4.78 is 0. The van der Waals surface area contributed by atoms with E-state index < -0.39 is 5.60 Å². The fourth-order valence-corrected chi connectivity index (χ4v) is 4.40. The lowest BCUT2D eigenvalue weighted by molar-refractivity contribution is -0.119. The minimum Gasteiger partial charge on any atom is -0.385 e. The third kappa shape index (κ3) is 2.11. The molecule has 0 spiro atoms. The van der Waals surface area contributed by atoms with E-state index in [1.165, 1.54) is 6.92 Å². The van der Waals surface area contributed by atoms with Crippen molar-refractivity contribution in [3.8, 4) is 0 Å². The minimum atomic E-state index is -0.838. The highest BCUT2D eigenvalue weighted by Gasteiger charge is 2.61. The highest BCUT2D eigenvalue weighted by molar-refractivity contribution is 6.31. The molecule has 0 radical (unpaired) electrons. The van der Waals surface area contributed by atoms with Gasteiger partial charge in [0, 0.05) is 23.9 Å². The number of carbonyl (C=O) groups excluding carboxylic acids is 1. The van der Waals surface area contributed by atoms with E-state index >= 15 is 0 Å². The van der Waals surface area contributed by atoms with Crippen LogP contribution in [0.4, 0.5) is 0 Å². The van der Waals surface area contributed by atoms with Gasteiger partial charge in [-0.1, -0.05) is 11.6 Å². The molecule has 1 aromatic carbocycles. The average molecular weight is 320 g/mol. The molecule has 0 bridgehead atoms. The van der Waals surface area contributed by atoms with E-state index in [9.17, 15) is 9.90 Å². The van der Waals surface area contributed by atoms with E-state index in [4.69, 9.17) is 11.6 Å². The Kier molecular flexibility index (Phi) is 3.00. The second kappa shape index (κ2) is 4.70. The summed E-state index contributed by atoms with van der Waals surface area (Å²) in [5.74, 6) is 1.48. The van der Waals surface area contributed by atoms with Gasteiger partial charge in [0.1, 0.15) is 0 Å². The first-order chi connectivity index (χ1) is 10.5. The summed E-state index contributed by atoms with van der Waals surface area (Å²) in [6.07, 6.45) is 3.20. The van der Waals surface area contributed by atoms with Crippen LogP contribution in [0.5, 0.6) is 0 Å². The maximum absolute atomic E-state index is 11.1. The van der Waals surface area contributed by atoms with Gasteiger partial charge in [-0.15, -0.1) is 0 Å². The van der Waals surface area contributed by atoms with Crippen molar-refractivity contribution in [2.45, 2.75) is 25.4 Å². The third-order valence-electron chi connectivity index (χ3n) is 5.27. The zero-order chi connectivity index (χ0) is 15.5. The predicted molar refractivity (Wildman–Crippen MR) is 83.4 cm³/mol. The van der Waals surface area contributed by atoms with Gasteiger partial charge in [-0.05, 0) is 48.3 Å². The molecule has 0 saturated heterocycles. The summed E-state index contributed by atoms with van der Waals surface area (Å²) in [5.41, 5.74) is 0.884. The molecule has 2 aliphatic carbocycles. The Morgan fingerprint density at radius 1 is 1.50 bits per heavy atom. The quantitative estimate of drug-likeness (QED) is 0.811. The maximum atomic E-state index is 11.1. The first-order valence-electron chi connectivity index (χ1n) is 7.58. The predicted octanol–water partition coefficient (Wildman–Crippen LogP) is 2.20. The molecular formula is C16H18ClN3O2. The molecule has 2 aliphatic rings. The van der Waals surface area contributed by atoms with E-state index in [2.05, 4.69) is 15.5 Å². The lowest BCUT2D eigenvalue weighted by Crippen LogP contribution is -2.28. The van der Waals surface area contributed by atoms with Gasteiger partial charge in [-0.3, -0.25) is 9.89 Å². The number of aliphatic hydroxyl groups is 1. The number of H-pyrrole nitrogens is 1. The number of rotatable bonds is 3. The van der Waals surface area contributed by atoms with Crippen LogP contribution in [-0.4, -0.2) is 27.8 Å². The molecule has 4 atom stereocenters. The normalized spacial score (nSPS) is 33.0. The fourth-order valence-electron chi connectivity index (χ4n) is 4.18. The highest BCUT2D eigenvalue weighted by Crippen LogP contribution is 2.63. The van der Waals surface area contributed by atoms with Crippen molar-refractivity contribution in [1.29, 1.82) is 0 Å². The SMILES string of the molecule is CC(=O)NCC1C2CC(O)(c3cc(Cl)cc4[nH]ncc34)C[C@H]12. The zero-order valence-corrected chi connectivity index (χ0v) is 13.0. The Bertz CT molecular complexity index is 745. The Morgan fingerprint density at radius 3 is 2.91 bits per heavy atom. The molecule has 6 heteroatoms. The number of nitrogens with zero attached hydrogens (tertiary/aromatic N) is 1. The molecule has 1 heterocycles. The van der Waals surface area contributed by atoms with Crippen molar-refractivity contribution in [3.63, 3.8) is 0 Å². The summed E-state index contributed by atoms with van der Waals surface area (Å²) in [4.78, 5) is 11.0. The Labute approximate surface area is 133 Å². The molecule has 116 valence electrons. The number of aromatic nitrogens is 2. The van der Waals surface area contributed by atoms with Crippen LogP contribution in [0.2, 0.25) is 5.02 Å². The molecule has 0 aliphatic heterocycles. The number of halogens is 1. The molecule has 22 heavy (non-hydrogen) atoms. The van der Waals surface area contributed by atoms with Crippen molar-refractivity contribution in [2.75, 3.05) is 6.54 Å². The fraction of sp³-hybridized carbons (Fsp3) is 0.500. The lowest BCUT2D eigenvalue weighted by Gasteiger charge is -2.27. The number of benzene rings is 1. The van der Waals surface area contributed by atoms with Crippen LogP contribution < -0.4 is 5.32 Å². The van der Waals surface area contributed by atoms with Crippen LogP contribution in [0.1, 0.15) is 25.3 Å². The summed E-state index contributed by atoms with van der Waals surface area (Å²) >= 11 is 6.18. The summed E-state index contributed by atoms with van der Waals surface area (Å²) in [6.45, 7) is 2.26. The van der Waals surface area contributed by atoms with Crippen molar-refractivity contribution in [3.05, 3.63) is 28.9 Å². The molecular weight excluding hydrogens is 302 g/mol. The van der Waals surface area contributed by atoms with Crippen molar-refractivity contribution in [1.82, 2.24) is 15.5 Å². The maximum Gasteiger partial charge on any atom is 0.216 e. The number of hydrogen-bond acceptors (Lipinski definition) is 3. The number of amides is 1. The number of nitrogens with one attached hydrogen (secondary N) is 2. The molecule has 3 unspecified atom stereocenters. The standard InChI is InChI=1S/C16H18ClN3O2/c1-8(21)18-6-12-10-4-16(22,5-11(10)12)14-2-9(17)3-15-13(14)7-19-20-15/h2-3,7,10-12,22H,4-6H2,1H3,(H,18,21)(H,19,20)/t10-,11?,12?,16?/m0/s1. The van der Waals surface area contributed by atoms with Crippen molar-refractivity contribution in [2.24, 2.45) is 17.8 Å². The van der Waals surface area contributed by atoms with Crippen LogP contribution in [0.3, 0.4) is 0 Å². The van der Waals surface area contributed by atoms with Gasteiger partial charge in [0.15, 0.2) is 0 Å². The number of hydrogen-bond donors (Lipinski definition) is 3. The number of fused-ring (bicyclic) bond motifs is 2. The van der Waals surface area contributed by atoms with Crippen molar-refractivity contribution < 1.29 is 9.90 Å². The number of carbonyl (C=O) groups is 1. The zero-order valence-electron chi connectivity index (χ0n) is 12.3. The molecule has 2 saturated carbocycles. The van der Waals surface area contributed by atoms with E-state index in [0.717, 1.165) is 35.9 Å². The van der Waals surface area contributed by atoms with Crippen LogP contribution in [0.15, 0.2) is 18.3 Å². The molecule has 2 fully saturated rings. The van der Waals surface area contributed by atoms with Crippen LogP contribution in [0.25, 0.3) is 10.9 Å².